The number of aromatic nitrogens is 1. The molecule has 7 rings (SSSR count). The third-order valence-electron chi connectivity index (χ3n) is 9.31. The number of ketones is 1. The summed E-state index contributed by atoms with van der Waals surface area (Å²) >= 11 is 3.48. The van der Waals surface area contributed by atoms with Crippen LogP contribution in [-0.2, 0) is 14.3 Å². The van der Waals surface area contributed by atoms with Crippen molar-refractivity contribution >= 4 is 56.1 Å². The minimum atomic E-state index is -0.932. The molecule has 7 nitrogen and oxygen atoms in total. The number of pyridine rings is 1. The number of imide groups is 1. The number of Topliss-reactive ketones (excluding diaryl/α,β-unsaturated/α-hetero) is 1. The molecular weight excluding hydrogens is 608 g/mol. The van der Waals surface area contributed by atoms with E-state index in [2.05, 4.69) is 15.9 Å². The second-order valence-electron chi connectivity index (χ2n) is 11.7. The molecule has 2 amide bonds. The average Bonchev–Trinajstić information content (AvgIpc) is 3.72. The van der Waals surface area contributed by atoms with Gasteiger partial charge in [0.15, 0.2) is 6.10 Å². The van der Waals surface area contributed by atoms with Crippen molar-refractivity contribution in [2.45, 2.75) is 38.7 Å². The summed E-state index contributed by atoms with van der Waals surface area (Å²) < 4.78 is 6.57. The van der Waals surface area contributed by atoms with Crippen molar-refractivity contribution in [1.29, 1.82) is 0 Å². The summed E-state index contributed by atoms with van der Waals surface area (Å²) in [6, 6.07) is 23.1. The highest BCUT2D eigenvalue weighted by Crippen LogP contribution is 2.56. The first-order valence-electron chi connectivity index (χ1n) is 14.7. The summed E-state index contributed by atoms with van der Waals surface area (Å²) in [6.07, 6.45) is 2.46. The first-order valence-corrected chi connectivity index (χ1v) is 15.5. The molecule has 2 saturated carbocycles. The summed E-state index contributed by atoms with van der Waals surface area (Å²) in [5.41, 5.74) is 3.17. The predicted molar refractivity (Wildman–Crippen MR) is 165 cm³/mol. The summed E-state index contributed by atoms with van der Waals surface area (Å²) in [5.74, 6) is -0.737. The van der Waals surface area contributed by atoms with E-state index in [1.54, 1.807) is 55.5 Å². The highest BCUT2D eigenvalue weighted by molar-refractivity contribution is 9.10. The summed E-state index contributed by atoms with van der Waals surface area (Å²) in [4.78, 5) is 59.5. The van der Waals surface area contributed by atoms with E-state index in [0.29, 0.717) is 46.1 Å². The Morgan fingerprint density at radius 2 is 1.60 bits per heavy atom. The number of halogens is 1. The monoisotopic (exact) mass is 636 g/mol. The fourth-order valence-electron chi connectivity index (χ4n) is 7.26. The number of carbonyl (C=O) groups excluding carboxylic acids is 4. The maximum Gasteiger partial charge on any atom is 0.339 e. The number of fused-ring (bicyclic) bond motifs is 6. The Hall–Kier alpha value is -4.17. The van der Waals surface area contributed by atoms with Crippen molar-refractivity contribution in [3.05, 3.63) is 94.5 Å². The summed E-state index contributed by atoms with van der Waals surface area (Å²) in [7, 11) is 0. The lowest BCUT2D eigenvalue weighted by Crippen LogP contribution is -2.32. The average molecular weight is 638 g/mol. The number of ether oxygens (including phenoxy) is 1. The SMILES string of the molecule is CCC(OC(=O)c1cc(-c2ccc(N3C(=O)C4C5CCC(C5)C4C3=O)cc2)nc2ccc(Br)cc12)C(=O)c1ccccc1. The van der Waals surface area contributed by atoms with Gasteiger partial charge in [0.1, 0.15) is 0 Å². The highest BCUT2D eigenvalue weighted by atomic mass is 79.9. The van der Waals surface area contributed by atoms with Gasteiger partial charge in [-0.05, 0) is 73.9 Å². The zero-order valence-corrected chi connectivity index (χ0v) is 25.1. The van der Waals surface area contributed by atoms with E-state index in [9.17, 15) is 19.2 Å². The van der Waals surface area contributed by atoms with Crippen LogP contribution in [0.4, 0.5) is 5.69 Å². The van der Waals surface area contributed by atoms with Crippen LogP contribution in [0.2, 0.25) is 0 Å². The van der Waals surface area contributed by atoms with Gasteiger partial charge in [-0.3, -0.25) is 19.3 Å². The molecule has 0 N–H and O–H groups in total. The quantitative estimate of drug-likeness (QED) is 0.123. The number of carbonyl (C=O) groups is 4. The third kappa shape index (κ3) is 4.68. The molecule has 5 atom stereocenters. The number of nitrogens with zero attached hydrogens (tertiary/aromatic N) is 2. The number of amides is 2. The van der Waals surface area contributed by atoms with E-state index in [4.69, 9.17) is 9.72 Å². The number of hydrogen-bond acceptors (Lipinski definition) is 6. The Kier molecular flexibility index (Phi) is 6.96. The molecular formula is C35H29BrN2O5. The molecule has 3 fully saturated rings. The van der Waals surface area contributed by atoms with Gasteiger partial charge in [0, 0.05) is 21.0 Å². The lowest BCUT2D eigenvalue weighted by atomic mass is 9.81. The van der Waals surface area contributed by atoms with Gasteiger partial charge in [0.05, 0.1) is 34.3 Å². The standard InChI is InChI=1S/C35H29BrN2O5/c1-2-29(32(39)20-6-4-3-5-7-20)43-35(42)26-18-28(37-27-15-12-23(36)17-25(26)27)19-10-13-24(14-11-19)38-33(40)30-21-8-9-22(16-21)31(30)34(38)41/h3-7,10-15,17-18,21-22,29-31H,2,8-9,16H2,1H3. The first-order chi connectivity index (χ1) is 20.8. The van der Waals surface area contributed by atoms with Crippen molar-refractivity contribution in [3.63, 3.8) is 0 Å². The van der Waals surface area contributed by atoms with Crippen molar-refractivity contribution in [1.82, 2.24) is 4.98 Å². The van der Waals surface area contributed by atoms with E-state index >= 15 is 0 Å². The van der Waals surface area contributed by atoms with Gasteiger partial charge in [-0.1, -0.05) is 65.3 Å². The zero-order chi connectivity index (χ0) is 29.8. The van der Waals surface area contributed by atoms with Gasteiger partial charge >= 0.3 is 5.97 Å². The van der Waals surface area contributed by atoms with Crippen LogP contribution >= 0.6 is 15.9 Å². The van der Waals surface area contributed by atoms with E-state index in [1.807, 2.05) is 30.3 Å². The number of hydrogen-bond donors (Lipinski definition) is 0. The summed E-state index contributed by atoms with van der Waals surface area (Å²) in [5, 5.41) is 0.594. The molecule has 8 heteroatoms. The van der Waals surface area contributed by atoms with Gasteiger partial charge in [0.25, 0.3) is 0 Å². The first kappa shape index (κ1) is 27.7. The molecule has 0 spiro atoms. The van der Waals surface area contributed by atoms with Crippen molar-refractivity contribution < 1.29 is 23.9 Å². The Balaban J connectivity index is 1.19. The maximum atomic E-state index is 13.6. The molecule has 0 radical (unpaired) electrons. The van der Waals surface area contributed by atoms with Crippen molar-refractivity contribution in [2.24, 2.45) is 23.7 Å². The van der Waals surface area contributed by atoms with Gasteiger partial charge in [-0.2, -0.15) is 0 Å². The molecule has 2 bridgehead atoms. The lowest BCUT2D eigenvalue weighted by Gasteiger charge is -2.19. The Labute approximate surface area is 257 Å². The number of esters is 1. The van der Waals surface area contributed by atoms with E-state index < -0.39 is 12.1 Å². The third-order valence-corrected chi connectivity index (χ3v) is 9.80. The predicted octanol–water partition coefficient (Wildman–Crippen LogP) is 7.02. The summed E-state index contributed by atoms with van der Waals surface area (Å²) in [6.45, 7) is 1.81. The molecule has 3 aliphatic rings. The number of benzene rings is 3. The smallest absolute Gasteiger partial charge is 0.339 e. The minimum Gasteiger partial charge on any atom is -0.450 e. The van der Waals surface area contributed by atoms with E-state index in [0.717, 1.165) is 29.3 Å². The second kappa shape index (κ2) is 10.8. The van der Waals surface area contributed by atoms with Crippen LogP contribution in [0.15, 0.2) is 83.3 Å². The maximum absolute atomic E-state index is 13.6. The molecule has 3 aromatic carbocycles. The molecule has 2 aliphatic carbocycles. The zero-order valence-electron chi connectivity index (χ0n) is 23.5. The van der Waals surface area contributed by atoms with Crippen LogP contribution in [0.1, 0.15) is 53.3 Å². The van der Waals surface area contributed by atoms with Gasteiger partial charge < -0.3 is 4.74 Å². The molecule has 43 heavy (non-hydrogen) atoms. The van der Waals surface area contributed by atoms with Crippen LogP contribution in [0.3, 0.4) is 0 Å². The molecule has 1 aliphatic heterocycles. The highest BCUT2D eigenvalue weighted by Gasteiger charge is 2.61. The number of anilines is 1. The van der Waals surface area contributed by atoms with Crippen LogP contribution in [0.25, 0.3) is 22.2 Å². The van der Waals surface area contributed by atoms with Gasteiger partial charge in [-0.15, -0.1) is 0 Å². The van der Waals surface area contributed by atoms with Crippen molar-refractivity contribution in [2.75, 3.05) is 4.90 Å². The Morgan fingerprint density at radius 3 is 2.26 bits per heavy atom. The molecule has 5 unspecified atom stereocenters. The molecule has 1 aromatic heterocycles. The fraction of sp³-hybridized carbons (Fsp3) is 0.286. The second-order valence-corrected chi connectivity index (χ2v) is 12.6. The number of rotatable bonds is 7. The van der Waals surface area contributed by atoms with Gasteiger partial charge in [0.2, 0.25) is 17.6 Å². The topological polar surface area (TPSA) is 93.6 Å². The normalized spacial score (nSPS) is 23.1. The molecule has 4 aromatic rings. The van der Waals surface area contributed by atoms with Gasteiger partial charge in [-0.25, -0.2) is 9.78 Å². The minimum absolute atomic E-state index is 0.0788. The molecule has 1 saturated heterocycles. The van der Waals surface area contributed by atoms with Crippen molar-refractivity contribution in [3.8, 4) is 11.3 Å². The Morgan fingerprint density at radius 1 is 0.930 bits per heavy atom. The lowest BCUT2D eigenvalue weighted by molar-refractivity contribution is -0.123. The van der Waals surface area contributed by atoms with Crippen LogP contribution < -0.4 is 4.90 Å². The molecule has 2 heterocycles. The Bertz CT molecular complexity index is 1760. The van der Waals surface area contributed by atoms with Crippen LogP contribution in [-0.4, -0.2) is 34.7 Å². The fourth-order valence-corrected chi connectivity index (χ4v) is 7.62. The van der Waals surface area contributed by atoms with E-state index in [1.165, 1.54) is 4.90 Å². The van der Waals surface area contributed by atoms with Crippen LogP contribution in [0, 0.1) is 23.7 Å². The van der Waals surface area contributed by atoms with Crippen LogP contribution in [0.5, 0.6) is 0 Å². The molecule has 216 valence electrons. The van der Waals surface area contributed by atoms with E-state index in [-0.39, 0.29) is 35.0 Å². The largest absolute Gasteiger partial charge is 0.450 e.